The summed E-state index contributed by atoms with van der Waals surface area (Å²) in [6.07, 6.45) is 5.38. The monoisotopic (exact) mass is 317 g/mol. The molecule has 0 fully saturated rings. The van der Waals surface area contributed by atoms with E-state index in [4.69, 9.17) is 0 Å². The Morgan fingerprint density at radius 1 is 0.826 bits per heavy atom. The van der Waals surface area contributed by atoms with E-state index in [0.29, 0.717) is 0 Å². The van der Waals surface area contributed by atoms with Crippen LogP contribution in [0.2, 0.25) is 0 Å². The topological polar surface area (TPSA) is 3.24 Å². The van der Waals surface area contributed by atoms with Gasteiger partial charge in [0, 0.05) is 17.6 Å². The SMILES string of the molecule is CC(C)CN(C(C)(C)C)C(C)(C)C.c1ccc2c(c1)CCCC2. The van der Waals surface area contributed by atoms with Gasteiger partial charge in [-0.25, -0.2) is 0 Å². The first kappa shape index (κ1) is 20.2. The quantitative estimate of drug-likeness (QED) is 0.636. The average molecular weight is 318 g/mol. The largest absolute Gasteiger partial charge is 0.293 e. The number of benzene rings is 1. The third kappa shape index (κ3) is 7.08. The Hall–Kier alpha value is -0.820. The van der Waals surface area contributed by atoms with E-state index in [1.165, 1.54) is 32.2 Å². The van der Waals surface area contributed by atoms with E-state index in [1.807, 2.05) is 0 Å². The van der Waals surface area contributed by atoms with Crippen molar-refractivity contribution in [3.63, 3.8) is 0 Å². The Balaban J connectivity index is 0.000000235. The fraction of sp³-hybridized carbons (Fsp3) is 0.727. The summed E-state index contributed by atoms with van der Waals surface area (Å²) in [6.45, 7) is 19.5. The molecule has 0 aromatic heterocycles. The number of fused-ring (bicyclic) bond motifs is 1. The number of hydrogen-bond acceptors (Lipinski definition) is 1. The van der Waals surface area contributed by atoms with Crippen LogP contribution in [0.1, 0.15) is 79.4 Å². The Morgan fingerprint density at radius 3 is 1.48 bits per heavy atom. The highest BCUT2D eigenvalue weighted by atomic mass is 15.2. The highest BCUT2D eigenvalue weighted by Crippen LogP contribution is 2.25. The number of rotatable bonds is 2. The van der Waals surface area contributed by atoms with E-state index in [0.717, 1.165) is 5.92 Å². The second-order valence-corrected chi connectivity index (χ2v) is 9.32. The summed E-state index contributed by atoms with van der Waals surface area (Å²) < 4.78 is 0. The van der Waals surface area contributed by atoms with Crippen molar-refractivity contribution in [2.75, 3.05) is 6.54 Å². The van der Waals surface area contributed by atoms with Crippen molar-refractivity contribution in [2.24, 2.45) is 5.92 Å². The van der Waals surface area contributed by atoms with Gasteiger partial charge in [-0.2, -0.15) is 0 Å². The fourth-order valence-electron chi connectivity index (χ4n) is 3.60. The molecule has 1 aromatic rings. The molecule has 1 aromatic carbocycles. The molecule has 0 radical (unpaired) electrons. The minimum atomic E-state index is 0.266. The molecule has 1 heteroatoms. The first-order valence-electron chi connectivity index (χ1n) is 9.36. The molecular formula is C22H39N. The summed E-state index contributed by atoms with van der Waals surface area (Å²) in [7, 11) is 0. The maximum atomic E-state index is 2.57. The summed E-state index contributed by atoms with van der Waals surface area (Å²) in [4.78, 5) is 2.57. The van der Waals surface area contributed by atoms with Gasteiger partial charge in [-0.3, -0.25) is 4.90 Å². The highest BCUT2D eigenvalue weighted by Gasteiger charge is 2.31. The molecule has 0 spiro atoms. The zero-order chi connectivity index (χ0) is 17.7. The maximum Gasteiger partial charge on any atom is 0.0130 e. The van der Waals surface area contributed by atoms with Crippen molar-refractivity contribution < 1.29 is 0 Å². The molecule has 0 N–H and O–H groups in total. The molecule has 2 rings (SSSR count). The van der Waals surface area contributed by atoms with Crippen LogP contribution in [-0.4, -0.2) is 22.5 Å². The van der Waals surface area contributed by atoms with Crippen molar-refractivity contribution in [3.8, 4) is 0 Å². The van der Waals surface area contributed by atoms with Gasteiger partial charge >= 0.3 is 0 Å². The Kier molecular flexibility index (Phi) is 7.32. The Morgan fingerprint density at radius 2 is 1.22 bits per heavy atom. The van der Waals surface area contributed by atoms with Crippen LogP contribution in [0.15, 0.2) is 24.3 Å². The summed E-state index contributed by atoms with van der Waals surface area (Å²) in [5.74, 6) is 0.735. The third-order valence-electron chi connectivity index (χ3n) is 4.43. The van der Waals surface area contributed by atoms with Gasteiger partial charge in [0.25, 0.3) is 0 Å². The lowest BCUT2D eigenvalue weighted by atomic mass is 9.92. The van der Waals surface area contributed by atoms with Gasteiger partial charge in [-0.1, -0.05) is 38.1 Å². The molecule has 0 bridgehead atoms. The maximum absolute atomic E-state index is 2.57. The van der Waals surface area contributed by atoms with Crippen LogP contribution in [-0.2, 0) is 12.8 Å². The van der Waals surface area contributed by atoms with E-state index in [2.05, 4.69) is 84.6 Å². The zero-order valence-electron chi connectivity index (χ0n) is 16.9. The summed E-state index contributed by atoms with van der Waals surface area (Å²) in [6, 6.07) is 8.80. The highest BCUT2D eigenvalue weighted by molar-refractivity contribution is 5.28. The molecule has 0 saturated heterocycles. The molecule has 132 valence electrons. The molecule has 1 nitrogen and oxygen atoms in total. The van der Waals surface area contributed by atoms with E-state index in [9.17, 15) is 0 Å². The molecule has 0 unspecified atom stereocenters. The molecule has 0 amide bonds. The summed E-state index contributed by atoms with van der Waals surface area (Å²) in [5, 5.41) is 0. The molecule has 23 heavy (non-hydrogen) atoms. The van der Waals surface area contributed by atoms with Crippen LogP contribution in [0.3, 0.4) is 0 Å². The van der Waals surface area contributed by atoms with Gasteiger partial charge in [-0.05, 0) is 84.3 Å². The molecule has 1 aliphatic carbocycles. The molecule has 0 aliphatic heterocycles. The normalized spacial score (nSPS) is 15.2. The van der Waals surface area contributed by atoms with Gasteiger partial charge < -0.3 is 0 Å². The van der Waals surface area contributed by atoms with E-state index < -0.39 is 0 Å². The van der Waals surface area contributed by atoms with Crippen LogP contribution >= 0.6 is 0 Å². The molecule has 0 heterocycles. The van der Waals surface area contributed by atoms with Crippen LogP contribution < -0.4 is 0 Å². The molecular weight excluding hydrogens is 278 g/mol. The summed E-state index contributed by atoms with van der Waals surface area (Å²) in [5.41, 5.74) is 3.69. The minimum Gasteiger partial charge on any atom is -0.293 e. The van der Waals surface area contributed by atoms with Gasteiger partial charge in [0.2, 0.25) is 0 Å². The minimum absolute atomic E-state index is 0.266. The van der Waals surface area contributed by atoms with Crippen LogP contribution in [0, 0.1) is 5.92 Å². The predicted octanol–water partition coefficient (Wildman–Crippen LogP) is 6.11. The Labute approximate surface area is 145 Å². The van der Waals surface area contributed by atoms with Gasteiger partial charge in [0.1, 0.15) is 0 Å². The third-order valence-corrected chi connectivity index (χ3v) is 4.43. The smallest absolute Gasteiger partial charge is 0.0130 e. The van der Waals surface area contributed by atoms with Gasteiger partial charge in [0.15, 0.2) is 0 Å². The molecule has 0 atom stereocenters. The second-order valence-electron chi connectivity index (χ2n) is 9.32. The first-order chi connectivity index (χ1) is 10.5. The van der Waals surface area contributed by atoms with Crippen molar-refractivity contribution >= 4 is 0 Å². The van der Waals surface area contributed by atoms with Crippen LogP contribution in [0.25, 0.3) is 0 Å². The zero-order valence-corrected chi connectivity index (χ0v) is 16.9. The number of hydrogen-bond donors (Lipinski definition) is 0. The lowest BCUT2D eigenvalue weighted by Gasteiger charge is -2.46. The van der Waals surface area contributed by atoms with Crippen molar-refractivity contribution in [3.05, 3.63) is 35.4 Å². The van der Waals surface area contributed by atoms with Gasteiger partial charge in [-0.15, -0.1) is 0 Å². The lowest BCUT2D eigenvalue weighted by molar-refractivity contribution is 0.0270. The Bertz CT molecular complexity index is 421. The average Bonchev–Trinajstić information content (AvgIpc) is 2.43. The van der Waals surface area contributed by atoms with E-state index in [1.54, 1.807) is 11.1 Å². The van der Waals surface area contributed by atoms with Crippen molar-refractivity contribution in [2.45, 2.75) is 92.2 Å². The van der Waals surface area contributed by atoms with Crippen molar-refractivity contribution in [1.29, 1.82) is 0 Å². The predicted molar refractivity (Wildman–Crippen MR) is 104 cm³/mol. The summed E-state index contributed by atoms with van der Waals surface area (Å²) >= 11 is 0. The number of nitrogens with zero attached hydrogens (tertiary/aromatic N) is 1. The number of aryl methyl sites for hydroxylation is 2. The van der Waals surface area contributed by atoms with E-state index >= 15 is 0 Å². The van der Waals surface area contributed by atoms with E-state index in [-0.39, 0.29) is 11.1 Å². The van der Waals surface area contributed by atoms with Crippen LogP contribution in [0.5, 0.6) is 0 Å². The van der Waals surface area contributed by atoms with Crippen LogP contribution in [0.4, 0.5) is 0 Å². The van der Waals surface area contributed by atoms with Crippen molar-refractivity contribution in [1.82, 2.24) is 4.90 Å². The standard InChI is InChI=1S/C12H27N.C10H12/c1-10(2)9-13(11(3,4)5)12(6,7)8;1-2-6-10-8-4-3-7-9(10)5-1/h10H,9H2,1-8H3;1-2,5-6H,3-4,7-8H2. The fourth-order valence-corrected chi connectivity index (χ4v) is 3.60. The molecule has 1 aliphatic rings. The first-order valence-corrected chi connectivity index (χ1v) is 9.36. The van der Waals surface area contributed by atoms with Gasteiger partial charge in [0.05, 0.1) is 0 Å². The molecule has 0 saturated carbocycles. The second kappa shape index (κ2) is 8.33. The lowest BCUT2D eigenvalue weighted by Crippen LogP contribution is -2.53.